The summed E-state index contributed by atoms with van der Waals surface area (Å²) in [6, 6.07) is 3.56. The van der Waals surface area contributed by atoms with Crippen LogP contribution in [0.25, 0.3) is 0 Å². The smallest absolute Gasteiger partial charge is 0.341 e. The molecule has 130 valence electrons. The van der Waals surface area contributed by atoms with Crippen molar-refractivity contribution < 1.29 is 19.6 Å². The average Bonchev–Trinajstić information content (AvgIpc) is 2.56. The van der Waals surface area contributed by atoms with Gasteiger partial charge in [-0.15, -0.1) is 0 Å². The molecule has 10 heteroatoms. The third-order valence-corrected chi connectivity index (χ3v) is 3.06. The lowest BCUT2D eigenvalue weighted by Crippen LogP contribution is -2.10. The van der Waals surface area contributed by atoms with Crippen molar-refractivity contribution in [3.05, 3.63) is 51.3 Å². The van der Waals surface area contributed by atoms with Gasteiger partial charge in [-0.3, -0.25) is 10.1 Å². The van der Waals surface area contributed by atoms with Gasteiger partial charge in [0.05, 0.1) is 29.0 Å². The van der Waals surface area contributed by atoms with E-state index in [-0.39, 0.29) is 35.1 Å². The fourth-order valence-electron chi connectivity index (χ4n) is 1.85. The van der Waals surface area contributed by atoms with Crippen LogP contribution in [0.5, 0.6) is 5.75 Å². The fraction of sp³-hybridized carbons (Fsp3) is 0.200. The zero-order valence-electron chi connectivity index (χ0n) is 13.5. The van der Waals surface area contributed by atoms with Gasteiger partial charge in [-0.25, -0.2) is 20.2 Å². The molecule has 10 nitrogen and oxygen atoms in total. The molecular formula is C15H15N5O5. The number of esters is 1. The summed E-state index contributed by atoms with van der Waals surface area (Å²) in [6.45, 7) is 3.56. The van der Waals surface area contributed by atoms with Gasteiger partial charge >= 0.3 is 5.97 Å². The first kappa shape index (κ1) is 17.8. The molecule has 2 N–H and O–H groups in total. The molecule has 0 radical (unpaired) electrons. The summed E-state index contributed by atoms with van der Waals surface area (Å²) in [6.07, 6.45) is 2.50. The third-order valence-electron chi connectivity index (χ3n) is 3.06. The number of hydrogen-bond donors (Lipinski definition) is 2. The van der Waals surface area contributed by atoms with E-state index in [1.807, 2.05) is 0 Å². The van der Waals surface area contributed by atoms with Crippen LogP contribution in [0.15, 0.2) is 29.5 Å². The van der Waals surface area contributed by atoms with Crippen molar-refractivity contribution >= 4 is 23.8 Å². The van der Waals surface area contributed by atoms with E-state index in [0.717, 1.165) is 0 Å². The van der Waals surface area contributed by atoms with E-state index in [9.17, 15) is 20.0 Å². The van der Waals surface area contributed by atoms with Gasteiger partial charge in [0, 0.05) is 23.9 Å². The van der Waals surface area contributed by atoms with Gasteiger partial charge < -0.3 is 9.84 Å². The summed E-state index contributed by atoms with van der Waals surface area (Å²) in [7, 11) is 0. The van der Waals surface area contributed by atoms with Gasteiger partial charge in [-0.1, -0.05) is 0 Å². The number of non-ortho nitro benzene ring substituents is 1. The molecule has 2 aromatic rings. The predicted octanol–water partition coefficient (Wildman–Crippen LogP) is 2.02. The second-order valence-electron chi connectivity index (χ2n) is 4.78. The van der Waals surface area contributed by atoms with Gasteiger partial charge in [-0.05, 0) is 19.9 Å². The molecule has 0 bridgehead atoms. The van der Waals surface area contributed by atoms with Crippen LogP contribution >= 0.6 is 0 Å². The Morgan fingerprint density at radius 1 is 1.52 bits per heavy atom. The van der Waals surface area contributed by atoms with Crippen molar-refractivity contribution in [3.8, 4) is 5.75 Å². The summed E-state index contributed by atoms with van der Waals surface area (Å²) in [5, 5.41) is 24.2. The summed E-state index contributed by atoms with van der Waals surface area (Å²) < 4.78 is 4.88. The van der Waals surface area contributed by atoms with E-state index >= 15 is 0 Å². The highest BCUT2D eigenvalue weighted by molar-refractivity contribution is 5.90. The van der Waals surface area contributed by atoms with Crippen molar-refractivity contribution in [2.45, 2.75) is 13.8 Å². The van der Waals surface area contributed by atoms with Crippen molar-refractivity contribution in [2.24, 2.45) is 5.10 Å². The van der Waals surface area contributed by atoms with E-state index < -0.39 is 10.9 Å². The first-order valence-corrected chi connectivity index (χ1v) is 7.19. The number of nitrogens with zero attached hydrogens (tertiary/aromatic N) is 4. The number of rotatable bonds is 6. The lowest BCUT2D eigenvalue weighted by Gasteiger charge is -2.05. The highest BCUT2D eigenvalue weighted by Crippen LogP contribution is 2.21. The standard InChI is InChI=1S/C15H15N5O5/c1-3-25-14(22)12-8-16-15(18-9(12)2)19-17-7-10-6-11(20(23)24)4-5-13(10)21/h4-8,21H,3H2,1-2H3,(H,16,18,19). The number of aryl methyl sites for hydroxylation is 1. The predicted molar refractivity (Wildman–Crippen MR) is 88.7 cm³/mol. The molecule has 1 aromatic heterocycles. The molecule has 0 unspecified atom stereocenters. The second-order valence-corrected chi connectivity index (χ2v) is 4.78. The Morgan fingerprint density at radius 3 is 2.92 bits per heavy atom. The maximum Gasteiger partial charge on any atom is 0.341 e. The van der Waals surface area contributed by atoms with Crippen LogP contribution in [0.4, 0.5) is 11.6 Å². The number of ether oxygens (including phenoxy) is 1. The number of carbonyl (C=O) groups is 1. The van der Waals surface area contributed by atoms with E-state index in [2.05, 4.69) is 20.5 Å². The van der Waals surface area contributed by atoms with Crippen LogP contribution in [-0.4, -0.2) is 38.8 Å². The number of nitrogens with one attached hydrogen (secondary N) is 1. The number of aromatic hydroxyl groups is 1. The summed E-state index contributed by atoms with van der Waals surface area (Å²) >= 11 is 0. The number of hydrogen-bond acceptors (Lipinski definition) is 9. The van der Waals surface area contributed by atoms with Crippen molar-refractivity contribution in [2.75, 3.05) is 12.0 Å². The number of nitro groups is 1. The van der Waals surface area contributed by atoms with E-state index in [1.165, 1.54) is 30.6 Å². The molecule has 0 fully saturated rings. The zero-order chi connectivity index (χ0) is 18.4. The summed E-state index contributed by atoms with van der Waals surface area (Å²) in [4.78, 5) is 29.8. The second kappa shape index (κ2) is 7.81. The largest absolute Gasteiger partial charge is 0.507 e. The first-order valence-electron chi connectivity index (χ1n) is 7.19. The molecular weight excluding hydrogens is 330 g/mol. The number of benzene rings is 1. The minimum absolute atomic E-state index is 0.117. The minimum atomic E-state index is -0.579. The number of phenols is 1. The third kappa shape index (κ3) is 4.47. The lowest BCUT2D eigenvalue weighted by molar-refractivity contribution is -0.384. The highest BCUT2D eigenvalue weighted by Gasteiger charge is 2.12. The van der Waals surface area contributed by atoms with Crippen molar-refractivity contribution in [1.29, 1.82) is 0 Å². The van der Waals surface area contributed by atoms with Crippen LogP contribution < -0.4 is 5.43 Å². The quantitative estimate of drug-likeness (QED) is 0.351. The molecule has 0 saturated carbocycles. The normalized spacial score (nSPS) is 10.6. The van der Waals surface area contributed by atoms with Gasteiger partial charge in [0.1, 0.15) is 5.75 Å². The van der Waals surface area contributed by atoms with Crippen LogP contribution in [-0.2, 0) is 4.74 Å². The summed E-state index contributed by atoms with van der Waals surface area (Å²) in [5.74, 6) is -0.561. The van der Waals surface area contributed by atoms with Gasteiger partial charge in [0.25, 0.3) is 5.69 Å². The van der Waals surface area contributed by atoms with Gasteiger partial charge in [0.2, 0.25) is 5.95 Å². The molecule has 25 heavy (non-hydrogen) atoms. The molecule has 1 aromatic carbocycles. The van der Waals surface area contributed by atoms with E-state index in [1.54, 1.807) is 13.8 Å². The van der Waals surface area contributed by atoms with E-state index in [0.29, 0.717) is 5.69 Å². The maximum absolute atomic E-state index is 11.7. The zero-order valence-corrected chi connectivity index (χ0v) is 13.5. The average molecular weight is 345 g/mol. The fourth-order valence-corrected chi connectivity index (χ4v) is 1.85. The number of hydrazone groups is 1. The minimum Gasteiger partial charge on any atom is -0.507 e. The number of anilines is 1. The Kier molecular flexibility index (Phi) is 5.56. The maximum atomic E-state index is 11.7. The molecule has 0 aliphatic carbocycles. The van der Waals surface area contributed by atoms with Crippen LogP contribution in [0.2, 0.25) is 0 Å². The summed E-state index contributed by atoms with van der Waals surface area (Å²) in [5.41, 5.74) is 3.15. The van der Waals surface area contributed by atoms with Crippen LogP contribution in [0.1, 0.15) is 28.5 Å². The number of nitro benzene ring substituents is 1. The number of aromatic nitrogens is 2. The monoisotopic (exact) mass is 345 g/mol. The molecule has 0 aliphatic heterocycles. The lowest BCUT2D eigenvalue weighted by atomic mass is 10.2. The Balaban J connectivity index is 2.12. The Hall–Kier alpha value is -3.56. The van der Waals surface area contributed by atoms with Crippen LogP contribution in [0.3, 0.4) is 0 Å². The van der Waals surface area contributed by atoms with Crippen LogP contribution in [0, 0.1) is 17.0 Å². The van der Waals surface area contributed by atoms with Crippen molar-refractivity contribution in [1.82, 2.24) is 9.97 Å². The van der Waals surface area contributed by atoms with Crippen molar-refractivity contribution in [3.63, 3.8) is 0 Å². The Bertz CT molecular complexity index is 837. The van der Waals surface area contributed by atoms with Gasteiger partial charge in [-0.2, -0.15) is 5.10 Å². The Labute approximate surface area is 142 Å². The topological polar surface area (TPSA) is 140 Å². The number of carbonyl (C=O) groups excluding carboxylic acids is 1. The first-order chi connectivity index (χ1) is 11.9. The highest BCUT2D eigenvalue weighted by atomic mass is 16.6. The van der Waals surface area contributed by atoms with E-state index in [4.69, 9.17) is 4.74 Å². The molecule has 0 spiro atoms. The molecule has 0 aliphatic rings. The molecule has 2 rings (SSSR count). The Morgan fingerprint density at radius 2 is 2.28 bits per heavy atom. The van der Waals surface area contributed by atoms with Gasteiger partial charge in [0.15, 0.2) is 0 Å². The molecule has 0 atom stereocenters. The number of phenolic OH excluding ortho intramolecular Hbond substituents is 1. The molecule has 0 amide bonds. The molecule has 1 heterocycles. The molecule has 0 saturated heterocycles. The SMILES string of the molecule is CCOC(=O)c1cnc(NN=Cc2cc([N+](=O)[O-])ccc2O)nc1C.